The predicted molar refractivity (Wildman–Crippen MR) is 99.1 cm³/mol. The van der Waals surface area contributed by atoms with Gasteiger partial charge in [0.2, 0.25) is 0 Å². The second kappa shape index (κ2) is 8.53. The first-order valence-corrected chi connectivity index (χ1v) is 9.14. The normalized spacial score (nSPS) is 15.8. The van der Waals surface area contributed by atoms with Crippen molar-refractivity contribution in [1.29, 1.82) is 0 Å². The van der Waals surface area contributed by atoms with E-state index < -0.39 is 5.60 Å². The van der Waals surface area contributed by atoms with Crippen molar-refractivity contribution in [3.8, 4) is 0 Å². The number of hydrogen-bond acceptors (Lipinski definition) is 5. The van der Waals surface area contributed by atoms with Crippen LogP contribution in [0.25, 0.3) is 0 Å². The summed E-state index contributed by atoms with van der Waals surface area (Å²) in [4.78, 5) is 28.2. The minimum Gasteiger partial charge on any atom is -0.444 e. The number of amides is 2. The summed E-state index contributed by atoms with van der Waals surface area (Å²) in [6.07, 6.45) is 2.23. The van der Waals surface area contributed by atoms with Crippen molar-refractivity contribution >= 4 is 12.0 Å². The molecule has 2 amide bonds. The van der Waals surface area contributed by atoms with E-state index in [4.69, 9.17) is 4.74 Å². The molecule has 146 valence electrons. The van der Waals surface area contributed by atoms with Gasteiger partial charge in [-0.2, -0.15) is 5.10 Å². The van der Waals surface area contributed by atoms with E-state index in [1.54, 1.807) is 15.8 Å². The fourth-order valence-electron chi connectivity index (χ4n) is 2.80. The Kier molecular flexibility index (Phi) is 6.63. The molecule has 2 heterocycles. The number of piperazine rings is 1. The molecule has 2 rings (SSSR count). The number of nitrogens with zero attached hydrogens (tertiary/aromatic N) is 4. The van der Waals surface area contributed by atoms with Crippen LogP contribution in [0.4, 0.5) is 4.79 Å². The lowest BCUT2D eigenvalue weighted by molar-refractivity contribution is 0.0144. The lowest BCUT2D eigenvalue weighted by Crippen LogP contribution is -2.50. The zero-order valence-corrected chi connectivity index (χ0v) is 16.5. The number of nitrogens with one attached hydrogen (secondary N) is 1. The molecule has 1 aromatic heterocycles. The average Bonchev–Trinajstić information content (AvgIpc) is 2.90. The fraction of sp³-hybridized carbons (Fsp3) is 0.722. The van der Waals surface area contributed by atoms with Crippen molar-refractivity contribution in [3.05, 3.63) is 17.5 Å². The average molecular weight is 365 g/mol. The summed E-state index contributed by atoms with van der Waals surface area (Å²) in [5.74, 6) is -0.0784. The molecule has 1 saturated heterocycles. The maximum absolute atomic E-state index is 12.1. The summed E-state index contributed by atoms with van der Waals surface area (Å²) < 4.78 is 7.10. The van der Waals surface area contributed by atoms with Crippen LogP contribution < -0.4 is 5.32 Å². The largest absolute Gasteiger partial charge is 0.444 e. The van der Waals surface area contributed by atoms with E-state index in [0.29, 0.717) is 25.2 Å². The monoisotopic (exact) mass is 365 g/mol. The predicted octanol–water partition coefficient (Wildman–Crippen LogP) is 1.40. The molecule has 0 atom stereocenters. The number of carbonyl (C=O) groups excluding carboxylic acids is 2. The topological polar surface area (TPSA) is 79.7 Å². The van der Waals surface area contributed by atoms with Gasteiger partial charge >= 0.3 is 6.09 Å². The molecular weight excluding hydrogens is 334 g/mol. The van der Waals surface area contributed by atoms with Gasteiger partial charge in [0.1, 0.15) is 5.60 Å². The molecule has 1 aliphatic heterocycles. The summed E-state index contributed by atoms with van der Waals surface area (Å²) in [7, 11) is 1.82. The van der Waals surface area contributed by atoms with Crippen LogP contribution in [0, 0.1) is 6.92 Å². The zero-order chi connectivity index (χ0) is 19.3. The number of carbonyl (C=O) groups is 2. The quantitative estimate of drug-likeness (QED) is 0.798. The molecule has 0 bridgehead atoms. The van der Waals surface area contributed by atoms with Crippen LogP contribution in [0.1, 0.15) is 43.2 Å². The second-order valence-corrected chi connectivity index (χ2v) is 7.69. The first kappa shape index (κ1) is 20.2. The molecule has 8 heteroatoms. The number of aryl methyl sites for hydroxylation is 1. The second-order valence-electron chi connectivity index (χ2n) is 7.69. The fourth-order valence-corrected chi connectivity index (χ4v) is 2.80. The van der Waals surface area contributed by atoms with Crippen molar-refractivity contribution in [2.75, 3.05) is 39.3 Å². The van der Waals surface area contributed by atoms with Gasteiger partial charge in [0.15, 0.2) is 0 Å². The van der Waals surface area contributed by atoms with Gasteiger partial charge in [0.05, 0.1) is 11.8 Å². The molecule has 0 unspecified atom stereocenters. The molecule has 0 aromatic carbocycles. The third-order valence-corrected chi connectivity index (χ3v) is 4.44. The maximum atomic E-state index is 12.1. The first-order chi connectivity index (χ1) is 12.2. The number of ether oxygens (including phenoxy) is 1. The van der Waals surface area contributed by atoms with Crippen molar-refractivity contribution in [2.45, 2.75) is 39.7 Å². The SMILES string of the molecule is Cc1c(C(=O)NCCCN2CCN(C(=O)OC(C)(C)C)CC2)cnn1C. The number of rotatable bonds is 5. The Morgan fingerprint density at radius 1 is 1.23 bits per heavy atom. The minimum absolute atomic E-state index is 0.0784. The van der Waals surface area contributed by atoms with E-state index in [-0.39, 0.29) is 12.0 Å². The molecule has 1 fully saturated rings. The van der Waals surface area contributed by atoms with Gasteiger partial charge in [-0.25, -0.2) is 4.79 Å². The Morgan fingerprint density at radius 3 is 2.42 bits per heavy atom. The molecule has 0 radical (unpaired) electrons. The summed E-state index contributed by atoms with van der Waals surface area (Å²) >= 11 is 0. The van der Waals surface area contributed by atoms with Crippen LogP contribution in [0.5, 0.6) is 0 Å². The minimum atomic E-state index is -0.459. The Bertz CT molecular complexity index is 627. The van der Waals surface area contributed by atoms with Crippen molar-refractivity contribution < 1.29 is 14.3 Å². The maximum Gasteiger partial charge on any atom is 0.410 e. The van der Waals surface area contributed by atoms with Gasteiger partial charge in [-0.15, -0.1) is 0 Å². The van der Waals surface area contributed by atoms with Crippen molar-refractivity contribution in [2.24, 2.45) is 7.05 Å². The van der Waals surface area contributed by atoms with Gasteiger partial charge in [-0.05, 0) is 40.7 Å². The van der Waals surface area contributed by atoms with Gasteiger partial charge in [-0.1, -0.05) is 0 Å². The molecule has 0 saturated carbocycles. The highest BCUT2D eigenvalue weighted by Gasteiger charge is 2.25. The van der Waals surface area contributed by atoms with Crippen LogP contribution in [0.2, 0.25) is 0 Å². The summed E-state index contributed by atoms with van der Waals surface area (Å²) in [5, 5.41) is 7.03. The van der Waals surface area contributed by atoms with Gasteiger partial charge < -0.3 is 15.0 Å². The van der Waals surface area contributed by atoms with E-state index in [0.717, 1.165) is 31.7 Å². The van der Waals surface area contributed by atoms with Gasteiger partial charge in [0.25, 0.3) is 5.91 Å². The molecule has 1 aliphatic rings. The molecule has 8 nitrogen and oxygen atoms in total. The van der Waals surface area contributed by atoms with Crippen LogP contribution in [0.3, 0.4) is 0 Å². The summed E-state index contributed by atoms with van der Waals surface area (Å²) in [6.45, 7) is 12.0. The highest BCUT2D eigenvalue weighted by atomic mass is 16.6. The lowest BCUT2D eigenvalue weighted by Gasteiger charge is -2.35. The summed E-state index contributed by atoms with van der Waals surface area (Å²) in [5.41, 5.74) is 1.03. The van der Waals surface area contributed by atoms with E-state index in [1.165, 1.54) is 0 Å². The molecule has 0 aliphatic carbocycles. The zero-order valence-electron chi connectivity index (χ0n) is 16.5. The first-order valence-electron chi connectivity index (χ1n) is 9.14. The number of hydrogen-bond donors (Lipinski definition) is 1. The highest BCUT2D eigenvalue weighted by molar-refractivity contribution is 5.94. The third kappa shape index (κ3) is 5.72. The molecule has 1 N–H and O–H groups in total. The lowest BCUT2D eigenvalue weighted by atomic mass is 10.2. The van der Waals surface area contributed by atoms with Gasteiger partial charge in [0, 0.05) is 45.5 Å². The van der Waals surface area contributed by atoms with Crippen LogP contribution in [-0.2, 0) is 11.8 Å². The summed E-state index contributed by atoms with van der Waals surface area (Å²) in [6, 6.07) is 0. The number of aromatic nitrogens is 2. The Balaban J connectivity index is 1.64. The molecule has 0 spiro atoms. The van der Waals surface area contributed by atoms with Gasteiger partial charge in [-0.3, -0.25) is 14.4 Å². The molecule has 26 heavy (non-hydrogen) atoms. The van der Waals surface area contributed by atoms with E-state index in [2.05, 4.69) is 15.3 Å². The van der Waals surface area contributed by atoms with Crippen LogP contribution in [0.15, 0.2) is 6.20 Å². The Labute approximate surface area is 155 Å². The Morgan fingerprint density at radius 2 is 1.88 bits per heavy atom. The molecular formula is C18H31N5O3. The van der Waals surface area contributed by atoms with E-state index in [1.807, 2.05) is 34.7 Å². The molecule has 1 aromatic rings. The standard InChI is InChI=1S/C18H31N5O3/c1-14-15(13-20-21(14)5)16(24)19-7-6-8-22-9-11-23(12-10-22)17(25)26-18(2,3)4/h13H,6-12H2,1-5H3,(H,19,24). The highest BCUT2D eigenvalue weighted by Crippen LogP contribution is 2.12. The smallest absolute Gasteiger partial charge is 0.410 e. The van der Waals surface area contributed by atoms with E-state index in [9.17, 15) is 9.59 Å². The van der Waals surface area contributed by atoms with Crippen LogP contribution in [-0.4, -0.2) is 76.5 Å². The van der Waals surface area contributed by atoms with Crippen molar-refractivity contribution in [3.63, 3.8) is 0 Å². The van der Waals surface area contributed by atoms with Crippen molar-refractivity contribution in [1.82, 2.24) is 24.9 Å². The van der Waals surface area contributed by atoms with E-state index >= 15 is 0 Å². The Hall–Kier alpha value is -2.09. The third-order valence-electron chi connectivity index (χ3n) is 4.44. The van der Waals surface area contributed by atoms with Crippen LogP contribution >= 0.6 is 0 Å².